The van der Waals surface area contributed by atoms with Crippen LogP contribution in [0.5, 0.6) is 11.6 Å². The van der Waals surface area contributed by atoms with Crippen LogP contribution in [0.2, 0.25) is 0 Å². The summed E-state index contributed by atoms with van der Waals surface area (Å²) in [6, 6.07) is 3.69. The standard InChI is InChI=1S/C16H9F2N5O3/c1-8-14(18)20-10(7-19-8)4-2-9-3-5-11(6-12(9)17)26-15-13(16(24)25)21-23-22-15/h3,5-7H,1H3,(H,24,25)(H,21,22,23). The number of halogens is 2. The Morgan fingerprint density at radius 3 is 2.81 bits per heavy atom. The van der Waals surface area contributed by atoms with Crippen molar-refractivity contribution in [3.05, 3.63) is 58.8 Å². The molecule has 2 N–H and O–H groups in total. The summed E-state index contributed by atoms with van der Waals surface area (Å²) in [5.41, 5.74) is -0.161. The lowest BCUT2D eigenvalue weighted by Gasteiger charge is -2.03. The highest BCUT2D eigenvalue weighted by Gasteiger charge is 2.17. The van der Waals surface area contributed by atoms with E-state index < -0.39 is 17.7 Å². The van der Waals surface area contributed by atoms with E-state index in [0.29, 0.717) is 0 Å². The molecule has 26 heavy (non-hydrogen) atoms. The summed E-state index contributed by atoms with van der Waals surface area (Å²) >= 11 is 0. The van der Waals surface area contributed by atoms with Crippen molar-refractivity contribution in [2.75, 3.05) is 0 Å². The van der Waals surface area contributed by atoms with Crippen molar-refractivity contribution >= 4 is 5.97 Å². The summed E-state index contributed by atoms with van der Waals surface area (Å²) in [6.07, 6.45) is 1.28. The van der Waals surface area contributed by atoms with Crippen molar-refractivity contribution in [2.24, 2.45) is 0 Å². The maximum Gasteiger partial charge on any atom is 0.359 e. The minimum Gasteiger partial charge on any atom is -0.476 e. The molecule has 2 aromatic heterocycles. The van der Waals surface area contributed by atoms with Crippen LogP contribution in [0.15, 0.2) is 24.4 Å². The van der Waals surface area contributed by atoms with Crippen LogP contribution in [0, 0.1) is 30.5 Å². The number of carboxylic acids is 1. The maximum absolute atomic E-state index is 14.1. The number of H-pyrrole nitrogens is 1. The number of hydrogen-bond acceptors (Lipinski definition) is 6. The van der Waals surface area contributed by atoms with Gasteiger partial charge in [-0.25, -0.2) is 19.3 Å². The molecule has 0 radical (unpaired) electrons. The van der Waals surface area contributed by atoms with Crippen LogP contribution in [0.3, 0.4) is 0 Å². The molecule has 2 heterocycles. The minimum absolute atomic E-state index is 0.00521. The molecule has 130 valence electrons. The van der Waals surface area contributed by atoms with Crippen LogP contribution in [0.1, 0.15) is 27.4 Å². The number of aromatic amines is 1. The molecule has 0 aliphatic heterocycles. The fraction of sp³-hybridized carbons (Fsp3) is 0.0625. The number of hydrogen-bond donors (Lipinski definition) is 2. The van der Waals surface area contributed by atoms with Crippen LogP contribution in [-0.2, 0) is 0 Å². The van der Waals surface area contributed by atoms with Crippen molar-refractivity contribution in [1.29, 1.82) is 0 Å². The first kappa shape index (κ1) is 17.0. The van der Waals surface area contributed by atoms with Gasteiger partial charge in [0.1, 0.15) is 17.3 Å². The van der Waals surface area contributed by atoms with Gasteiger partial charge in [0.2, 0.25) is 11.6 Å². The Balaban J connectivity index is 1.82. The molecule has 0 aliphatic rings. The molecule has 0 saturated heterocycles. The Bertz CT molecular complexity index is 1060. The molecule has 0 saturated carbocycles. The molecular weight excluding hydrogens is 348 g/mol. The van der Waals surface area contributed by atoms with E-state index in [2.05, 4.69) is 37.2 Å². The van der Waals surface area contributed by atoms with Crippen LogP contribution in [0.25, 0.3) is 0 Å². The largest absolute Gasteiger partial charge is 0.476 e. The first-order valence-corrected chi connectivity index (χ1v) is 7.07. The molecule has 1 aromatic carbocycles. The predicted octanol–water partition coefficient (Wildman–Crippen LogP) is 2.07. The Labute approximate surface area is 144 Å². The number of benzene rings is 1. The second kappa shape index (κ2) is 6.94. The van der Waals surface area contributed by atoms with Crippen LogP contribution in [0.4, 0.5) is 8.78 Å². The average molecular weight is 357 g/mol. The van der Waals surface area contributed by atoms with Gasteiger partial charge in [-0.3, -0.25) is 4.98 Å². The number of aromatic nitrogens is 5. The highest BCUT2D eigenvalue weighted by atomic mass is 19.1. The quantitative estimate of drug-likeness (QED) is 0.690. The molecule has 0 spiro atoms. The third-order valence-electron chi connectivity index (χ3n) is 3.11. The van der Waals surface area contributed by atoms with Gasteiger partial charge in [0, 0.05) is 6.07 Å². The lowest BCUT2D eigenvalue weighted by Crippen LogP contribution is -2.00. The second-order valence-corrected chi connectivity index (χ2v) is 4.92. The number of carboxylic acid groups (broad SMARTS) is 1. The third kappa shape index (κ3) is 3.62. The van der Waals surface area contributed by atoms with Gasteiger partial charge >= 0.3 is 5.97 Å². The first-order chi connectivity index (χ1) is 12.4. The van der Waals surface area contributed by atoms with Gasteiger partial charge in [0.25, 0.3) is 5.88 Å². The van der Waals surface area contributed by atoms with Gasteiger partial charge in [-0.2, -0.15) is 4.39 Å². The zero-order valence-corrected chi connectivity index (χ0v) is 13.1. The minimum atomic E-state index is -1.32. The molecule has 0 atom stereocenters. The third-order valence-corrected chi connectivity index (χ3v) is 3.11. The molecule has 3 rings (SSSR count). The van der Waals surface area contributed by atoms with Crippen molar-refractivity contribution in [3.8, 4) is 23.5 Å². The summed E-state index contributed by atoms with van der Waals surface area (Å²) in [5, 5.41) is 17.9. The van der Waals surface area contributed by atoms with Gasteiger partial charge in [0.15, 0.2) is 0 Å². The number of ether oxygens (including phenoxy) is 1. The van der Waals surface area contributed by atoms with E-state index in [1.165, 1.54) is 25.3 Å². The molecular formula is C16H9F2N5O3. The van der Waals surface area contributed by atoms with E-state index in [1.807, 2.05) is 0 Å². The highest BCUT2D eigenvalue weighted by molar-refractivity contribution is 5.87. The van der Waals surface area contributed by atoms with Crippen LogP contribution < -0.4 is 4.74 Å². The summed E-state index contributed by atoms with van der Waals surface area (Å²) in [7, 11) is 0. The lowest BCUT2D eigenvalue weighted by atomic mass is 10.2. The number of aryl methyl sites for hydroxylation is 1. The fourth-order valence-electron chi connectivity index (χ4n) is 1.82. The number of carbonyl (C=O) groups is 1. The Morgan fingerprint density at radius 2 is 2.12 bits per heavy atom. The molecule has 0 unspecified atom stereocenters. The second-order valence-electron chi connectivity index (χ2n) is 4.92. The molecule has 0 amide bonds. The highest BCUT2D eigenvalue weighted by Crippen LogP contribution is 2.23. The van der Waals surface area contributed by atoms with Gasteiger partial charge in [-0.15, -0.1) is 0 Å². The van der Waals surface area contributed by atoms with E-state index in [0.717, 1.165) is 6.07 Å². The van der Waals surface area contributed by atoms with E-state index >= 15 is 0 Å². The number of rotatable bonds is 3. The van der Waals surface area contributed by atoms with Gasteiger partial charge in [-0.05, 0) is 25.0 Å². The summed E-state index contributed by atoms with van der Waals surface area (Å²) in [6.45, 7) is 1.46. The number of aromatic carboxylic acids is 1. The molecule has 3 aromatic rings. The number of nitrogens with one attached hydrogen (secondary N) is 1. The van der Waals surface area contributed by atoms with Gasteiger partial charge in [0.05, 0.1) is 17.5 Å². The molecule has 0 bridgehead atoms. The summed E-state index contributed by atoms with van der Waals surface area (Å²) < 4.78 is 32.6. The summed E-state index contributed by atoms with van der Waals surface area (Å²) in [4.78, 5) is 18.3. The van der Waals surface area contributed by atoms with E-state index in [9.17, 15) is 13.6 Å². The fourth-order valence-corrected chi connectivity index (χ4v) is 1.82. The first-order valence-electron chi connectivity index (χ1n) is 7.07. The summed E-state index contributed by atoms with van der Waals surface area (Å²) in [5.74, 6) is 1.93. The average Bonchev–Trinajstić information content (AvgIpc) is 3.05. The van der Waals surface area contributed by atoms with E-state index in [4.69, 9.17) is 9.84 Å². The Hall–Kier alpha value is -3.87. The van der Waals surface area contributed by atoms with Crippen molar-refractivity contribution in [2.45, 2.75) is 6.92 Å². The Morgan fingerprint density at radius 1 is 1.31 bits per heavy atom. The van der Waals surface area contributed by atoms with E-state index in [1.54, 1.807) is 0 Å². The zero-order valence-electron chi connectivity index (χ0n) is 13.1. The zero-order chi connectivity index (χ0) is 18.7. The maximum atomic E-state index is 14.1. The smallest absolute Gasteiger partial charge is 0.359 e. The van der Waals surface area contributed by atoms with Gasteiger partial charge < -0.3 is 9.84 Å². The van der Waals surface area contributed by atoms with Crippen molar-refractivity contribution in [3.63, 3.8) is 0 Å². The molecule has 0 fully saturated rings. The monoisotopic (exact) mass is 357 g/mol. The number of nitrogens with zero attached hydrogens (tertiary/aromatic N) is 4. The normalized spacial score (nSPS) is 10.1. The van der Waals surface area contributed by atoms with Crippen LogP contribution in [-0.4, -0.2) is 36.5 Å². The lowest BCUT2D eigenvalue weighted by molar-refractivity contribution is 0.0687. The van der Waals surface area contributed by atoms with Crippen molar-refractivity contribution in [1.82, 2.24) is 25.4 Å². The Kier molecular flexibility index (Phi) is 4.53. The predicted molar refractivity (Wildman–Crippen MR) is 82.5 cm³/mol. The van der Waals surface area contributed by atoms with Crippen molar-refractivity contribution < 1.29 is 23.4 Å². The SMILES string of the molecule is Cc1ncc(C#Cc2ccc(Oc3nn[nH]c3C(=O)O)cc2F)nc1F. The molecule has 0 aliphatic carbocycles. The molecule has 8 nitrogen and oxygen atoms in total. The van der Waals surface area contributed by atoms with E-state index in [-0.39, 0.29) is 34.3 Å². The van der Waals surface area contributed by atoms with Crippen LogP contribution >= 0.6 is 0 Å². The van der Waals surface area contributed by atoms with Gasteiger partial charge in [-0.1, -0.05) is 16.2 Å². The topological polar surface area (TPSA) is 114 Å². The molecule has 10 heteroatoms.